The van der Waals surface area contributed by atoms with Crippen molar-refractivity contribution in [1.29, 1.82) is 0 Å². The fourth-order valence-electron chi connectivity index (χ4n) is 3.44. The van der Waals surface area contributed by atoms with E-state index in [4.69, 9.17) is 13.9 Å². The molecule has 0 spiro atoms. The largest absolute Gasteiger partial charge is 0.493 e. The minimum Gasteiger partial charge on any atom is -0.493 e. The third-order valence-electron chi connectivity index (χ3n) is 5.13. The highest BCUT2D eigenvalue weighted by Gasteiger charge is 2.23. The molecule has 0 aliphatic rings. The van der Waals surface area contributed by atoms with Gasteiger partial charge in [0.25, 0.3) is 24.4 Å². The maximum atomic E-state index is 13.2. The monoisotopic (exact) mass is 534 g/mol. The second-order valence-electron chi connectivity index (χ2n) is 7.70. The molecular formula is C24H18F4N4O6. The summed E-state index contributed by atoms with van der Waals surface area (Å²) in [6.07, 6.45) is -6.10. The molecule has 0 atom stereocenters. The molecule has 0 saturated carbocycles. The lowest BCUT2D eigenvalue weighted by atomic mass is 10.2. The molecule has 1 amide bonds. The standard InChI is InChI=1S/C24H18F4N4O6/c1-36-19-4-2-3-5-20(19)38-16-9-13(8-14(10-16)32(34)35)29-24(33)21-7-6-15(37-21)12-31-18(23(27)28)11-17(30-31)22(25)26/h2-11,22-23H,12H2,1H3,(H,29,33). The van der Waals surface area contributed by atoms with Crippen molar-refractivity contribution < 1.29 is 41.2 Å². The van der Waals surface area contributed by atoms with E-state index in [-0.39, 0.29) is 34.4 Å². The number of nitro benzene ring substituents is 1. The predicted molar refractivity (Wildman–Crippen MR) is 124 cm³/mol. The van der Waals surface area contributed by atoms with Gasteiger partial charge in [-0.25, -0.2) is 17.6 Å². The van der Waals surface area contributed by atoms with Gasteiger partial charge in [0, 0.05) is 12.1 Å². The van der Waals surface area contributed by atoms with Gasteiger partial charge in [-0.3, -0.25) is 19.6 Å². The van der Waals surface area contributed by atoms with Crippen LogP contribution in [0.4, 0.5) is 28.9 Å². The Bertz CT molecular complexity index is 1470. The number of hydrogen-bond acceptors (Lipinski definition) is 7. The number of benzene rings is 2. The van der Waals surface area contributed by atoms with Crippen LogP contribution in [0.15, 0.2) is 65.1 Å². The van der Waals surface area contributed by atoms with Crippen molar-refractivity contribution in [2.24, 2.45) is 0 Å². The zero-order valence-electron chi connectivity index (χ0n) is 19.4. The molecule has 0 radical (unpaired) electrons. The molecular weight excluding hydrogens is 516 g/mol. The van der Waals surface area contributed by atoms with Gasteiger partial charge in [0.15, 0.2) is 17.3 Å². The van der Waals surface area contributed by atoms with E-state index in [1.807, 2.05) is 0 Å². The number of alkyl halides is 4. The van der Waals surface area contributed by atoms with Crippen LogP contribution in [0.3, 0.4) is 0 Å². The van der Waals surface area contributed by atoms with E-state index in [9.17, 15) is 32.5 Å². The van der Waals surface area contributed by atoms with Crippen molar-refractivity contribution >= 4 is 17.3 Å². The summed E-state index contributed by atoms with van der Waals surface area (Å²) in [4.78, 5) is 23.5. The van der Waals surface area contributed by atoms with Gasteiger partial charge < -0.3 is 19.2 Å². The first-order chi connectivity index (χ1) is 18.1. The lowest BCUT2D eigenvalue weighted by Gasteiger charge is -2.11. The zero-order chi connectivity index (χ0) is 27.4. The van der Waals surface area contributed by atoms with Gasteiger partial charge in [-0.05, 0) is 30.3 Å². The van der Waals surface area contributed by atoms with E-state index in [0.717, 1.165) is 12.1 Å². The number of anilines is 1. The summed E-state index contributed by atoms with van der Waals surface area (Å²) in [5.74, 6) is -0.408. The van der Waals surface area contributed by atoms with Crippen molar-refractivity contribution in [2.75, 3.05) is 12.4 Å². The van der Waals surface area contributed by atoms with Crippen molar-refractivity contribution in [3.63, 3.8) is 0 Å². The fraction of sp³-hybridized carbons (Fsp3) is 0.167. The van der Waals surface area contributed by atoms with E-state index >= 15 is 0 Å². The number of carbonyl (C=O) groups is 1. The van der Waals surface area contributed by atoms with E-state index in [0.29, 0.717) is 16.5 Å². The van der Waals surface area contributed by atoms with Crippen molar-refractivity contribution in [3.8, 4) is 17.2 Å². The molecule has 0 unspecified atom stereocenters. The molecule has 14 heteroatoms. The van der Waals surface area contributed by atoms with Crippen LogP contribution in [-0.2, 0) is 6.54 Å². The molecule has 10 nitrogen and oxygen atoms in total. The van der Waals surface area contributed by atoms with Crippen LogP contribution in [0, 0.1) is 10.1 Å². The maximum absolute atomic E-state index is 13.2. The highest BCUT2D eigenvalue weighted by atomic mass is 19.3. The minimum absolute atomic E-state index is 0.000635. The van der Waals surface area contributed by atoms with E-state index < -0.39 is 41.6 Å². The van der Waals surface area contributed by atoms with Gasteiger partial charge in [0.1, 0.15) is 22.9 Å². The third-order valence-corrected chi connectivity index (χ3v) is 5.13. The van der Waals surface area contributed by atoms with Gasteiger partial charge in [0.05, 0.1) is 30.3 Å². The van der Waals surface area contributed by atoms with Gasteiger partial charge in [0.2, 0.25) is 0 Å². The molecule has 38 heavy (non-hydrogen) atoms. The van der Waals surface area contributed by atoms with Crippen LogP contribution in [0.5, 0.6) is 17.2 Å². The number of rotatable bonds is 10. The number of furan rings is 1. The highest BCUT2D eigenvalue weighted by Crippen LogP contribution is 2.34. The molecule has 0 aliphatic carbocycles. The van der Waals surface area contributed by atoms with Gasteiger partial charge in [-0.1, -0.05) is 12.1 Å². The summed E-state index contributed by atoms with van der Waals surface area (Å²) >= 11 is 0. The summed E-state index contributed by atoms with van der Waals surface area (Å²) in [6.45, 7) is -0.437. The van der Waals surface area contributed by atoms with Crippen LogP contribution in [0.25, 0.3) is 0 Å². The topological polar surface area (TPSA) is 122 Å². The number of nitro groups is 1. The van der Waals surface area contributed by atoms with Crippen LogP contribution in [0.2, 0.25) is 0 Å². The quantitative estimate of drug-likeness (QED) is 0.143. The van der Waals surface area contributed by atoms with E-state index in [1.54, 1.807) is 24.3 Å². The van der Waals surface area contributed by atoms with Gasteiger partial charge in [-0.2, -0.15) is 5.10 Å². The molecule has 1 N–H and O–H groups in total. The summed E-state index contributed by atoms with van der Waals surface area (Å²) < 4.78 is 69.2. The Hall–Kier alpha value is -4.88. The molecule has 0 bridgehead atoms. The molecule has 2 heterocycles. The number of amides is 1. The first-order valence-corrected chi connectivity index (χ1v) is 10.8. The number of methoxy groups -OCH3 is 1. The van der Waals surface area contributed by atoms with Crippen molar-refractivity contribution in [3.05, 3.63) is 93.7 Å². The first-order valence-electron chi connectivity index (χ1n) is 10.8. The SMILES string of the molecule is COc1ccccc1Oc1cc(NC(=O)c2ccc(Cn3nc(C(F)F)cc3C(F)F)o2)cc([N+](=O)[O-])c1. The summed E-state index contributed by atoms with van der Waals surface area (Å²) in [5, 5.41) is 17.3. The Balaban J connectivity index is 1.53. The average Bonchev–Trinajstić information content (AvgIpc) is 3.52. The third kappa shape index (κ3) is 5.91. The lowest BCUT2D eigenvalue weighted by Crippen LogP contribution is -2.11. The number of nitrogens with one attached hydrogen (secondary N) is 1. The Morgan fingerprint density at radius 2 is 1.82 bits per heavy atom. The molecule has 0 aliphatic heterocycles. The Morgan fingerprint density at radius 3 is 2.47 bits per heavy atom. The normalized spacial score (nSPS) is 11.1. The van der Waals surface area contributed by atoms with Crippen LogP contribution >= 0.6 is 0 Å². The number of carbonyl (C=O) groups excluding carboxylic acids is 1. The molecule has 4 rings (SSSR count). The van der Waals surface area contributed by atoms with Gasteiger partial charge >= 0.3 is 0 Å². The molecule has 4 aromatic rings. The number of non-ortho nitro benzene ring substituents is 1. The number of halogens is 4. The van der Waals surface area contributed by atoms with Gasteiger partial charge in [-0.15, -0.1) is 0 Å². The predicted octanol–water partition coefficient (Wildman–Crippen LogP) is 6.36. The average molecular weight is 534 g/mol. The van der Waals surface area contributed by atoms with Crippen LogP contribution < -0.4 is 14.8 Å². The Labute approximate surface area is 211 Å². The fourth-order valence-corrected chi connectivity index (χ4v) is 3.44. The van der Waals surface area contributed by atoms with Crippen molar-refractivity contribution in [1.82, 2.24) is 9.78 Å². The second-order valence-corrected chi connectivity index (χ2v) is 7.70. The molecule has 2 aromatic heterocycles. The summed E-state index contributed by atoms with van der Waals surface area (Å²) in [7, 11) is 1.43. The number of aromatic nitrogens is 2. The van der Waals surface area contributed by atoms with Crippen LogP contribution in [-0.4, -0.2) is 27.7 Å². The Morgan fingerprint density at radius 1 is 1.08 bits per heavy atom. The van der Waals surface area contributed by atoms with Crippen LogP contribution in [0.1, 0.15) is 40.6 Å². The molecule has 0 fully saturated rings. The zero-order valence-corrected chi connectivity index (χ0v) is 19.4. The number of ether oxygens (including phenoxy) is 2. The maximum Gasteiger partial charge on any atom is 0.291 e. The lowest BCUT2D eigenvalue weighted by molar-refractivity contribution is -0.384. The smallest absolute Gasteiger partial charge is 0.291 e. The van der Waals surface area contributed by atoms with E-state index in [2.05, 4.69) is 10.4 Å². The first kappa shape index (κ1) is 26.2. The highest BCUT2D eigenvalue weighted by molar-refractivity contribution is 6.02. The Kier molecular flexibility index (Phi) is 7.60. The number of nitrogens with zero attached hydrogens (tertiary/aromatic N) is 3. The summed E-state index contributed by atoms with van der Waals surface area (Å²) in [6, 6.07) is 13.3. The minimum atomic E-state index is -3.06. The van der Waals surface area contributed by atoms with E-state index in [1.165, 1.54) is 25.3 Å². The number of para-hydroxylation sites is 2. The molecule has 0 saturated heterocycles. The van der Waals surface area contributed by atoms with Crippen molar-refractivity contribution in [2.45, 2.75) is 19.4 Å². The number of hydrogen-bond donors (Lipinski definition) is 1. The molecule has 198 valence electrons. The second kappa shape index (κ2) is 11.0. The summed E-state index contributed by atoms with van der Waals surface area (Å²) in [5.41, 5.74) is -1.93. The molecule has 2 aromatic carbocycles.